The quantitative estimate of drug-likeness (QED) is 0.809. The molecule has 1 aliphatic rings. The molecule has 5 heteroatoms. The van der Waals surface area contributed by atoms with Crippen LogP contribution in [-0.4, -0.2) is 15.4 Å². The van der Waals surface area contributed by atoms with E-state index >= 15 is 0 Å². The van der Waals surface area contributed by atoms with Gasteiger partial charge in [0.15, 0.2) is 0 Å². The standard InChI is InChI=1S/C14H14BrN3O/c1-3-9-6-8(2)17-18-13(9)11-7-10(15)4-5-12(11)16-14(18)19/h4-5,7,9H,3,6H2,1-2H3. The highest BCUT2D eigenvalue weighted by Gasteiger charge is 2.24. The molecule has 1 aromatic heterocycles. The van der Waals surface area contributed by atoms with Crippen molar-refractivity contribution in [3.63, 3.8) is 0 Å². The molecule has 0 N–H and O–H groups in total. The maximum Gasteiger partial charge on any atom is 0.369 e. The first-order chi connectivity index (χ1) is 9.10. The van der Waals surface area contributed by atoms with Gasteiger partial charge in [0.2, 0.25) is 0 Å². The number of halogens is 1. The van der Waals surface area contributed by atoms with E-state index in [0.29, 0.717) is 5.92 Å². The molecule has 2 heterocycles. The fourth-order valence-electron chi connectivity index (χ4n) is 2.67. The lowest BCUT2D eigenvalue weighted by atomic mass is 9.92. The number of hydrogen-bond acceptors (Lipinski definition) is 3. The van der Waals surface area contributed by atoms with Gasteiger partial charge in [0.1, 0.15) is 0 Å². The summed E-state index contributed by atoms with van der Waals surface area (Å²) in [4.78, 5) is 16.2. The van der Waals surface area contributed by atoms with Crippen molar-refractivity contribution in [1.29, 1.82) is 0 Å². The largest absolute Gasteiger partial charge is 0.369 e. The Morgan fingerprint density at radius 1 is 1.47 bits per heavy atom. The van der Waals surface area contributed by atoms with Gasteiger partial charge in [-0.1, -0.05) is 22.9 Å². The van der Waals surface area contributed by atoms with Gasteiger partial charge in [-0.15, -0.1) is 0 Å². The van der Waals surface area contributed by atoms with Gasteiger partial charge in [-0.3, -0.25) is 0 Å². The average molecular weight is 320 g/mol. The van der Waals surface area contributed by atoms with E-state index in [-0.39, 0.29) is 5.69 Å². The molecule has 0 radical (unpaired) electrons. The molecule has 0 bridgehead atoms. The van der Waals surface area contributed by atoms with Crippen molar-refractivity contribution in [2.45, 2.75) is 32.6 Å². The average Bonchev–Trinajstić information content (AvgIpc) is 2.39. The zero-order valence-corrected chi connectivity index (χ0v) is 12.4. The molecule has 2 aromatic rings. The van der Waals surface area contributed by atoms with Crippen LogP contribution < -0.4 is 5.69 Å². The Hall–Kier alpha value is -1.49. The Morgan fingerprint density at radius 2 is 2.26 bits per heavy atom. The van der Waals surface area contributed by atoms with E-state index in [9.17, 15) is 4.79 Å². The number of fused-ring (bicyclic) bond motifs is 3. The molecule has 0 fully saturated rings. The zero-order chi connectivity index (χ0) is 13.6. The summed E-state index contributed by atoms with van der Waals surface area (Å²) in [7, 11) is 0. The molecule has 0 saturated carbocycles. The minimum atomic E-state index is -0.290. The van der Waals surface area contributed by atoms with E-state index in [4.69, 9.17) is 0 Å². The summed E-state index contributed by atoms with van der Waals surface area (Å²) >= 11 is 3.48. The fourth-order valence-corrected chi connectivity index (χ4v) is 3.03. The summed E-state index contributed by atoms with van der Waals surface area (Å²) in [6, 6.07) is 5.80. The van der Waals surface area contributed by atoms with Crippen LogP contribution >= 0.6 is 15.9 Å². The van der Waals surface area contributed by atoms with Crippen LogP contribution in [0.2, 0.25) is 0 Å². The molecule has 0 saturated heterocycles. The van der Waals surface area contributed by atoms with Gasteiger partial charge in [-0.25, -0.2) is 4.79 Å². The second-order valence-electron chi connectivity index (χ2n) is 4.90. The van der Waals surface area contributed by atoms with E-state index in [0.717, 1.165) is 39.6 Å². The lowest BCUT2D eigenvalue weighted by Crippen LogP contribution is -2.29. The van der Waals surface area contributed by atoms with Crippen LogP contribution in [-0.2, 0) is 0 Å². The summed E-state index contributed by atoms with van der Waals surface area (Å²) in [6.45, 7) is 4.10. The van der Waals surface area contributed by atoms with Crippen molar-refractivity contribution < 1.29 is 0 Å². The first-order valence-electron chi connectivity index (χ1n) is 6.37. The Bertz CT molecular complexity index is 748. The molecule has 3 rings (SSSR count). The molecule has 1 aliphatic heterocycles. The zero-order valence-electron chi connectivity index (χ0n) is 10.9. The lowest BCUT2D eigenvalue weighted by molar-refractivity contribution is 0.581. The Morgan fingerprint density at radius 3 is 3.00 bits per heavy atom. The summed E-state index contributed by atoms with van der Waals surface area (Å²) in [5.41, 5.74) is 2.43. The lowest BCUT2D eigenvalue weighted by Gasteiger charge is -2.24. The van der Waals surface area contributed by atoms with E-state index in [1.165, 1.54) is 4.68 Å². The highest BCUT2D eigenvalue weighted by molar-refractivity contribution is 9.10. The third kappa shape index (κ3) is 2.02. The number of hydrogen-bond donors (Lipinski definition) is 0. The van der Waals surface area contributed by atoms with E-state index < -0.39 is 0 Å². The van der Waals surface area contributed by atoms with Crippen LogP contribution in [0.25, 0.3) is 10.9 Å². The van der Waals surface area contributed by atoms with Crippen molar-refractivity contribution in [2.24, 2.45) is 5.10 Å². The van der Waals surface area contributed by atoms with Crippen LogP contribution in [0.15, 0.2) is 32.6 Å². The maximum atomic E-state index is 12.1. The van der Waals surface area contributed by atoms with Gasteiger partial charge in [-0.05, 0) is 38.0 Å². The van der Waals surface area contributed by atoms with E-state index in [1.54, 1.807) is 0 Å². The number of aromatic nitrogens is 2. The molecular weight excluding hydrogens is 306 g/mol. The number of rotatable bonds is 1. The molecule has 1 atom stereocenters. The maximum absolute atomic E-state index is 12.1. The molecule has 0 spiro atoms. The normalized spacial score (nSPS) is 18.3. The minimum absolute atomic E-state index is 0.290. The smallest absolute Gasteiger partial charge is 0.244 e. The van der Waals surface area contributed by atoms with Crippen molar-refractivity contribution in [3.05, 3.63) is 38.9 Å². The number of benzene rings is 1. The van der Waals surface area contributed by atoms with Crippen LogP contribution in [0.4, 0.5) is 0 Å². The second kappa shape index (κ2) is 4.56. The third-order valence-corrected chi connectivity index (χ3v) is 4.05. The predicted molar refractivity (Wildman–Crippen MR) is 79.9 cm³/mol. The third-order valence-electron chi connectivity index (χ3n) is 3.55. The first kappa shape index (κ1) is 12.5. The Kier molecular flexibility index (Phi) is 3.01. The van der Waals surface area contributed by atoms with Crippen molar-refractivity contribution in [3.8, 4) is 0 Å². The monoisotopic (exact) mass is 319 g/mol. The van der Waals surface area contributed by atoms with Crippen LogP contribution in [0.3, 0.4) is 0 Å². The van der Waals surface area contributed by atoms with Crippen LogP contribution in [0.5, 0.6) is 0 Å². The summed E-state index contributed by atoms with van der Waals surface area (Å²) in [6.07, 6.45) is 1.89. The van der Waals surface area contributed by atoms with Crippen LogP contribution in [0.1, 0.15) is 38.3 Å². The van der Waals surface area contributed by atoms with Gasteiger partial charge in [0.05, 0.1) is 11.2 Å². The van der Waals surface area contributed by atoms with Gasteiger partial charge in [-0.2, -0.15) is 14.8 Å². The highest BCUT2D eigenvalue weighted by Crippen LogP contribution is 2.32. The van der Waals surface area contributed by atoms with E-state index in [1.807, 2.05) is 25.1 Å². The van der Waals surface area contributed by atoms with E-state index in [2.05, 4.69) is 32.9 Å². The molecule has 1 aromatic carbocycles. The molecule has 19 heavy (non-hydrogen) atoms. The molecule has 98 valence electrons. The van der Waals surface area contributed by atoms with Gasteiger partial charge in [0.25, 0.3) is 0 Å². The summed E-state index contributed by atoms with van der Waals surface area (Å²) < 4.78 is 2.46. The molecule has 1 unspecified atom stereocenters. The topological polar surface area (TPSA) is 47.2 Å². The highest BCUT2D eigenvalue weighted by atomic mass is 79.9. The molecule has 0 aliphatic carbocycles. The van der Waals surface area contributed by atoms with Crippen molar-refractivity contribution in [2.75, 3.05) is 0 Å². The van der Waals surface area contributed by atoms with Crippen LogP contribution in [0, 0.1) is 0 Å². The fraction of sp³-hybridized carbons (Fsp3) is 0.357. The molecular formula is C14H14BrN3O. The van der Waals surface area contributed by atoms with Crippen molar-refractivity contribution >= 4 is 32.5 Å². The van der Waals surface area contributed by atoms with Gasteiger partial charge >= 0.3 is 5.69 Å². The number of nitrogens with zero attached hydrogens (tertiary/aromatic N) is 3. The summed E-state index contributed by atoms with van der Waals surface area (Å²) in [5.74, 6) is 0.324. The SMILES string of the molecule is CCC1CC(C)=Nn2c1c1cc(Br)ccc1nc2=O. The second-order valence-corrected chi connectivity index (χ2v) is 5.81. The predicted octanol–water partition coefficient (Wildman–Crippen LogP) is 3.28. The van der Waals surface area contributed by atoms with Crippen molar-refractivity contribution in [1.82, 2.24) is 9.66 Å². The minimum Gasteiger partial charge on any atom is -0.244 e. The summed E-state index contributed by atoms with van der Waals surface area (Å²) in [5, 5.41) is 5.38. The Balaban J connectivity index is 2.45. The molecule has 0 amide bonds. The van der Waals surface area contributed by atoms with Gasteiger partial charge in [0, 0.05) is 21.5 Å². The first-order valence-corrected chi connectivity index (χ1v) is 7.16. The van der Waals surface area contributed by atoms with Gasteiger partial charge < -0.3 is 0 Å². The molecule has 4 nitrogen and oxygen atoms in total. The Labute approximate surface area is 119 Å².